The molecule has 0 aliphatic heterocycles. The molecule has 1 amide bonds. The molecule has 0 saturated heterocycles. The summed E-state index contributed by atoms with van der Waals surface area (Å²) in [7, 11) is 0. The first-order valence-electron chi connectivity index (χ1n) is 8.91. The van der Waals surface area contributed by atoms with Crippen molar-refractivity contribution in [3.8, 4) is 6.07 Å². The predicted octanol–water partition coefficient (Wildman–Crippen LogP) is 4.07. The van der Waals surface area contributed by atoms with E-state index >= 15 is 0 Å². The molecule has 2 aromatic rings. The fourth-order valence-electron chi connectivity index (χ4n) is 3.21. The number of thioether (sulfide) groups is 1. The largest absolute Gasteiger partial charge is 0.325 e. The van der Waals surface area contributed by atoms with Crippen molar-refractivity contribution in [1.82, 2.24) is 4.98 Å². The average Bonchev–Trinajstić information content (AvgIpc) is 3.11. The Kier molecular flexibility index (Phi) is 5.62. The fourth-order valence-corrected chi connectivity index (χ4v) is 4.20. The van der Waals surface area contributed by atoms with Gasteiger partial charge in [0, 0.05) is 16.9 Å². The van der Waals surface area contributed by atoms with Gasteiger partial charge in [0.25, 0.3) is 0 Å². The second-order valence-corrected chi connectivity index (χ2v) is 8.02. The molecule has 6 heteroatoms. The number of nitrogens with one attached hydrogen (secondary N) is 1. The van der Waals surface area contributed by atoms with Gasteiger partial charge >= 0.3 is 0 Å². The summed E-state index contributed by atoms with van der Waals surface area (Å²) < 4.78 is 0. The van der Waals surface area contributed by atoms with Gasteiger partial charge in [-0.2, -0.15) is 5.26 Å². The molecule has 0 radical (unpaired) electrons. The molecule has 1 heterocycles. The number of aromatic nitrogens is 1. The molecule has 27 heavy (non-hydrogen) atoms. The van der Waals surface area contributed by atoms with Gasteiger partial charge in [-0.25, -0.2) is 4.98 Å². The number of carbonyl (C=O) groups is 2. The van der Waals surface area contributed by atoms with E-state index in [1.165, 1.54) is 24.2 Å². The number of hydrogen-bond donors (Lipinski definition) is 1. The number of nitrogens with zero attached hydrogens (tertiary/aromatic N) is 2. The van der Waals surface area contributed by atoms with Crippen LogP contribution in [0.4, 0.5) is 5.69 Å². The molecular weight excluding hydrogens is 358 g/mol. The molecule has 1 N–H and O–H groups in total. The van der Waals surface area contributed by atoms with Crippen molar-refractivity contribution < 1.29 is 9.59 Å². The number of pyridine rings is 1. The molecule has 1 aliphatic carbocycles. The maximum absolute atomic E-state index is 12.5. The van der Waals surface area contributed by atoms with Gasteiger partial charge in [-0.15, -0.1) is 0 Å². The van der Waals surface area contributed by atoms with E-state index in [-0.39, 0.29) is 11.7 Å². The van der Waals surface area contributed by atoms with Crippen LogP contribution in [-0.4, -0.2) is 21.9 Å². The van der Waals surface area contributed by atoms with Gasteiger partial charge in [0.2, 0.25) is 5.91 Å². The summed E-state index contributed by atoms with van der Waals surface area (Å²) in [5.41, 5.74) is 5.06. The van der Waals surface area contributed by atoms with Crippen LogP contribution in [0.1, 0.15) is 53.0 Å². The Hall–Kier alpha value is -2.65. The first kappa shape index (κ1) is 19.1. The lowest BCUT2D eigenvalue weighted by atomic mass is 10.0. The molecule has 0 fully saturated rings. The van der Waals surface area contributed by atoms with Crippen LogP contribution >= 0.6 is 11.8 Å². The highest BCUT2D eigenvalue weighted by Crippen LogP contribution is 2.33. The van der Waals surface area contributed by atoms with Crippen molar-refractivity contribution in [1.29, 1.82) is 5.26 Å². The summed E-state index contributed by atoms with van der Waals surface area (Å²) in [6.07, 6.45) is 2.97. The standard InChI is InChI=1S/C21H21N3O2S/c1-12-17-5-4-6-19(17)24-21(18(12)11-22)27-14(3)20(26)23-16-9-7-15(8-10-16)13(2)25/h7-10,14H,4-6H2,1-3H3,(H,23,26). The zero-order valence-electron chi connectivity index (χ0n) is 15.6. The summed E-state index contributed by atoms with van der Waals surface area (Å²) in [5.74, 6) is -0.182. The number of rotatable bonds is 5. The molecule has 5 nitrogen and oxygen atoms in total. The molecule has 0 spiro atoms. The van der Waals surface area contributed by atoms with Crippen molar-refractivity contribution >= 4 is 29.1 Å². The van der Waals surface area contributed by atoms with Gasteiger partial charge in [-0.3, -0.25) is 9.59 Å². The zero-order valence-corrected chi connectivity index (χ0v) is 16.4. The first-order chi connectivity index (χ1) is 12.9. The Balaban J connectivity index is 1.74. The van der Waals surface area contributed by atoms with Crippen LogP contribution in [0.15, 0.2) is 29.3 Å². The van der Waals surface area contributed by atoms with E-state index in [9.17, 15) is 14.9 Å². The zero-order chi connectivity index (χ0) is 19.6. The molecular formula is C21H21N3O2S. The molecule has 138 valence electrons. The summed E-state index contributed by atoms with van der Waals surface area (Å²) in [6, 6.07) is 9.06. The van der Waals surface area contributed by atoms with Gasteiger partial charge in [0.05, 0.1) is 10.8 Å². The molecule has 1 aromatic carbocycles. The minimum Gasteiger partial charge on any atom is -0.325 e. The van der Waals surface area contributed by atoms with E-state index < -0.39 is 5.25 Å². The first-order valence-corrected chi connectivity index (χ1v) is 9.79. The third kappa shape index (κ3) is 4.04. The maximum atomic E-state index is 12.5. The highest BCUT2D eigenvalue weighted by Gasteiger charge is 2.24. The van der Waals surface area contributed by atoms with E-state index in [0.29, 0.717) is 21.8 Å². The Labute approximate surface area is 163 Å². The van der Waals surface area contributed by atoms with Crippen LogP contribution in [0.25, 0.3) is 0 Å². The number of Topliss-reactive ketones (excluding diaryl/α,β-unsaturated/α-hetero) is 1. The van der Waals surface area contributed by atoms with Crippen LogP contribution in [0.5, 0.6) is 0 Å². The second-order valence-electron chi connectivity index (χ2n) is 6.69. The van der Waals surface area contributed by atoms with E-state index in [4.69, 9.17) is 0 Å². The van der Waals surface area contributed by atoms with Crippen molar-refractivity contribution in [2.45, 2.75) is 50.3 Å². The number of benzene rings is 1. The van der Waals surface area contributed by atoms with Crippen LogP contribution in [0, 0.1) is 18.3 Å². The Morgan fingerprint density at radius 2 is 1.96 bits per heavy atom. The average molecular weight is 379 g/mol. The number of nitriles is 1. The predicted molar refractivity (Wildman–Crippen MR) is 106 cm³/mol. The number of ketones is 1. The van der Waals surface area contributed by atoms with Gasteiger partial charge in [0.1, 0.15) is 11.1 Å². The summed E-state index contributed by atoms with van der Waals surface area (Å²) >= 11 is 1.31. The van der Waals surface area contributed by atoms with Crippen LogP contribution in [-0.2, 0) is 17.6 Å². The minimum absolute atomic E-state index is 0.0149. The summed E-state index contributed by atoms with van der Waals surface area (Å²) in [4.78, 5) is 28.5. The lowest BCUT2D eigenvalue weighted by Crippen LogP contribution is -2.22. The van der Waals surface area contributed by atoms with E-state index in [0.717, 1.165) is 30.5 Å². The highest BCUT2D eigenvalue weighted by molar-refractivity contribution is 8.00. The molecule has 1 aliphatic rings. The van der Waals surface area contributed by atoms with Crippen molar-refractivity contribution in [3.05, 3.63) is 52.2 Å². The van der Waals surface area contributed by atoms with Gasteiger partial charge in [-0.1, -0.05) is 11.8 Å². The lowest BCUT2D eigenvalue weighted by molar-refractivity contribution is -0.115. The molecule has 3 rings (SSSR count). The van der Waals surface area contributed by atoms with Crippen LogP contribution in [0.2, 0.25) is 0 Å². The van der Waals surface area contributed by atoms with E-state index in [1.54, 1.807) is 31.2 Å². The number of aryl methyl sites for hydroxylation is 1. The molecule has 0 saturated carbocycles. The Morgan fingerprint density at radius 3 is 2.59 bits per heavy atom. The molecule has 1 aromatic heterocycles. The van der Waals surface area contributed by atoms with Gasteiger partial charge in [-0.05, 0) is 75.4 Å². The molecule has 1 unspecified atom stereocenters. The minimum atomic E-state index is -0.407. The number of amides is 1. The SMILES string of the molecule is CC(=O)c1ccc(NC(=O)C(C)Sc2nc3c(c(C)c2C#N)CCC3)cc1. The normalized spacial score (nSPS) is 13.6. The van der Waals surface area contributed by atoms with Gasteiger partial charge in [0.15, 0.2) is 5.78 Å². The van der Waals surface area contributed by atoms with Gasteiger partial charge < -0.3 is 5.32 Å². The Morgan fingerprint density at radius 1 is 1.26 bits per heavy atom. The topological polar surface area (TPSA) is 82.8 Å². The fraction of sp³-hybridized carbons (Fsp3) is 0.333. The maximum Gasteiger partial charge on any atom is 0.237 e. The van der Waals surface area contributed by atoms with Crippen molar-refractivity contribution in [2.24, 2.45) is 0 Å². The van der Waals surface area contributed by atoms with E-state index in [1.807, 2.05) is 6.92 Å². The number of fused-ring (bicyclic) bond motifs is 1. The van der Waals surface area contributed by atoms with E-state index in [2.05, 4.69) is 16.4 Å². The number of carbonyl (C=O) groups excluding carboxylic acids is 2. The number of hydrogen-bond acceptors (Lipinski definition) is 5. The summed E-state index contributed by atoms with van der Waals surface area (Å²) in [6.45, 7) is 5.27. The van der Waals surface area contributed by atoms with Crippen molar-refractivity contribution in [2.75, 3.05) is 5.32 Å². The third-order valence-corrected chi connectivity index (χ3v) is 5.88. The third-order valence-electron chi connectivity index (χ3n) is 4.80. The molecule has 0 bridgehead atoms. The summed E-state index contributed by atoms with van der Waals surface area (Å²) in [5, 5.41) is 12.6. The number of anilines is 1. The smallest absolute Gasteiger partial charge is 0.237 e. The highest BCUT2D eigenvalue weighted by atomic mass is 32.2. The van der Waals surface area contributed by atoms with Crippen LogP contribution in [0.3, 0.4) is 0 Å². The van der Waals surface area contributed by atoms with Crippen LogP contribution < -0.4 is 5.32 Å². The van der Waals surface area contributed by atoms with Crippen molar-refractivity contribution in [3.63, 3.8) is 0 Å². The monoisotopic (exact) mass is 379 g/mol. The quantitative estimate of drug-likeness (QED) is 0.625. The second kappa shape index (κ2) is 7.93. The lowest BCUT2D eigenvalue weighted by Gasteiger charge is -2.15. The molecule has 1 atom stereocenters. The Bertz CT molecular complexity index is 945.